The van der Waals surface area contributed by atoms with Crippen molar-refractivity contribution in [3.05, 3.63) is 0 Å². The molecule has 15 heavy (non-hydrogen) atoms. The van der Waals surface area contributed by atoms with Gasteiger partial charge in [-0.05, 0) is 19.9 Å². The first kappa shape index (κ1) is 12.0. The number of hydrogen-bond acceptors (Lipinski definition) is 3. The van der Waals surface area contributed by atoms with Gasteiger partial charge in [0.1, 0.15) is 6.42 Å². The van der Waals surface area contributed by atoms with E-state index in [-0.39, 0.29) is 12.3 Å². The van der Waals surface area contributed by atoms with Crippen LogP contribution < -0.4 is 5.32 Å². The quantitative estimate of drug-likeness (QED) is 0.731. The zero-order chi connectivity index (χ0) is 11.1. The van der Waals surface area contributed by atoms with Crippen molar-refractivity contribution in [2.75, 3.05) is 20.1 Å². The Kier molecular flexibility index (Phi) is 5.13. The highest BCUT2D eigenvalue weighted by molar-refractivity contribution is 5.77. The molecular weight excluding hydrogens is 190 g/mol. The van der Waals surface area contributed by atoms with Gasteiger partial charge >= 0.3 is 0 Å². The summed E-state index contributed by atoms with van der Waals surface area (Å²) in [5.74, 6) is -0.169. The Hall–Kier alpha value is -1.08. The van der Waals surface area contributed by atoms with Crippen molar-refractivity contribution < 1.29 is 4.79 Å². The SMILES string of the molecule is CN(CCNC(=O)CC#N)C1CCCC1. The van der Waals surface area contributed by atoms with Crippen LogP contribution in [-0.2, 0) is 4.79 Å². The Morgan fingerprint density at radius 1 is 1.53 bits per heavy atom. The maximum absolute atomic E-state index is 11.0. The second-order valence-electron chi connectivity index (χ2n) is 4.10. The molecule has 0 bridgehead atoms. The average Bonchev–Trinajstić information content (AvgIpc) is 2.70. The lowest BCUT2D eigenvalue weighted by molar-refractivity contribution is -0.120. The lowest BCUT2D eigenvalue weighted by atomic mass is 10.2. The molecule has 0 aromatic heterocycles. The smallest absolute Gasteiger partial charge is 0.234 e. The highest BCUT2D eigenvalue weighted by Gasteiger charge is 2.18. The van der Waals surface area contributed by atoms with E-state index in [0.29, 0.717) is 12.6 Å². The van der Waals surface area contributed by atoms with Crippen molar-refractivity contribution in [3.63, 3.8) is 0 Å². The molecule has 1 aliphatic rings. The monoisotopic (exact) mass is 209 g/mol. The number of carbonyl (C=O) groups excluding carboxylic acids is 1. The van der Waals surface area contributed by atoms with Crippen molar-refractivity contribution >= 4 is 5.91 Å². The molecule has 1 N–H and O–H groups in total. The molecule has 4 nitrogen and oxygen atoms in total. The Balaban J connectivity index is 2.09. The maximum atomic E-state index is 11.0. The van der Waals surface area contributed by atoms with E-state index in [9.17, 15) is 4.79 Å². The Bertz CT molecular complexity index is 241. The second-order valence-corrected chi connectivity index (χ2v) is 4.10. The van der Waals surface area contributed by atoms with Gasteiger partial charge in [-0.25, -0.2) is 0 Å². The zero-order valence-corrected chi connectivity index (χ0v) is 9.33. The van der Waals surface area contributed by atoms with E-state index in [0.717, 1.165) is 6.54 Å². The van der Waals surface area contributed by atoms with E-state index < -0.39 is 0 Å². The molecule has 0 unspecified atom stereocenters. The predicted octanol–water partition coefficient (Wildman–Crippen LogP) is 0.891. The van der Waals surface area contributed by atoms with Gasteiger partial charge in [-0.15, -0.1) is 0 Å². The number of likely N-dealkylation sites (N-methyl/N-ethyl adjacent to an activating group) is 1. The standard InChI is InChI=1S/C11H19N3O/c1-14(10-4-2-3-5-10)9-8-13-11(15)6-7-12/h10H,2-6,8-9H2,1H3,(H,13,15). The van der Waals surface area contributed by atoms with Gasteiger partial charge in [0.05, 0.1) is 6.07 Å². The number of nitriles is 1. The van der Waals surface area contributed by atoms with Crippen LogP contribution in [0.2, 0.25) is 0 Å². The van der Waals surface area contributed by atoms with Crippen LogP contribution in [0.5, 0.6) is 0 Å². The summed E-state index contributed by atoms with van der Waals surface area (Å²) in [6, 6.07) is 2.53. The maximum Gasteiger partial charge on any atom is 0.234 e. The normalized spacial score (nSPS) is 16.6. The summed E-state index contributed by atoms with van der Waals surface area (Å²) in [4.78, 5) is 13.3. The summed E-state index contributed by atoms with van der Waals surface area (Å²) in [5.41, 5.74) is 0. The summed E-state index contributed by atoms with van der Waals surface area (Å²) in [7, 11) is 2.10. The van der Waals surface area contributed by atoms with E-state index >= 15 is 0 Å². The molecule has 1 aliphatic carbocycles. The van der Waals surface area contributed by atoms with Gasteiger partial charge in [0.2, 0.25) is 5.91 Å². The van der Waals surface area contributed by atoms with Crippen LogP contribution in [0, 0.1) is 11.3 Å². The largest absolute Gasteiger partial charge is 0.354 e. The molecule has 1 fully saturated rings. The van der Waals surface area contributed by atoms with Crippen LogP contribution in [0.1, 0.15) is 32.1 Å². The lowest BCUT2D eigenvalue weighted by Gasteiger charge is -2.23. The summed E-state index contributed by atoms with van der Waals surface area (Å²) in [5, 5.41) is 11.0. The first-order valence-corrected chi connectivity index (χ1v) is 5.58. The van der Waals surface area contributed by atoms with Crippen molar-refractivity contribution in [1.82, 2.24) is 10.2 Å². The molecule has 0 aromatic carbocycles. The lowest BCUT2D eigenvalue weighted by Crippen LogP contribution is -2.37. The first-order chi connectivity index (χ1) is 7.24. The van der Waals surface area contributed by atoms with Crippen LogP contribution in [0.25, 0.3) is 0 Å². The van der Waals surface area contributed by atoms with E-state index in [1.165, 1.54) is 25.7 Å². The number of carbonyl (C=O) groups is 1. The van der Waals surface area contributed by atoms with Gasteiger partial charge in [-0.3, -0.25) is 4.79 Å². The van der Waals surface area contributed by atoms with Crippen LogP contribution in [0.4, 0.5) is 0 Å². The molecule has 84 valence electrons. The molecule has 0 saturated heterocycles. The van der Waals surface area contributed by atoms with Gasteiger partial charge in [0.25, 0.3) is 0 Å². The van der Waals surface area contributed by atoms with Crippen LogP contribution >= 0.6 is 0 Å². The number of nitrogens with one attached hydrogen (secondary N) is 1. The van der Waals surface area contributed by atoms with Crippen LogP contribution in [-0.4, -0.2) is 37.0 Å². The van der Waals surface area contributed by atoms with E-state index in [4.69, 9.17) is 5.26 Å². The zero-order valence-electron chi connectivity index (χ0n) is 9.33. The minimum atomic E-state index is -0.169. The van der Waals surface area contributed by atoms with Gasteiger partial charge in [0.15, 0.2) is 0 Å². The Labute approximate surface area is 91.2 Å². The van der Waals surface area contributed by atoms with Crippen molar-refractivity contribution in [1.29, 1.82) is 5.26 Å². The summed E-state index contributed by atoms with van der Waals surface area (Å²) in [6.45, 7) is 1.52. The van der Waals surface area contributed by atoms with E-state index in [1.54, 1.807) is 0 Å². The fraction of sp³-hybridized carbons (Fsp3) is 0.818. The predicted molar refractivity (Wildman–Crippen MR) is 58.1 cm³/mol. The van der Waals surface area contributed by atoms with E-state index in [1.807, 2.05) is 6.07 Å². The molecule has 1 rings (SSSR count). The summed E-state index contributed by atoms with van der Waals surface area (Å²) in [6.07, 6.45) is 5.18. The van der Waals surface area contributed by atoms with Crippen LogP contribution in [0.15, 0.2) is 0 Å². The molecule has 0 atom stereocenters. The molecule has 1 amide bonds. The molecule has 4 heteroatoms. The highest BCUT2D eigenvalue weighted by Crippen LogP contribution is 2.21. The van der Waals surface area contributed by atoms with Crippen molar-refractivity contribution in [3.8, 4) is 6.07 Å². The molecule has 1 saturated carbocycles. The summed E-state index contributed by atoms with van der Waals surface area (Å²) >= 11 is 0. The minimum absolute atomic E-state index is 0.0346. The van der Waals surface area contributed by atoms with Crippen LogP contribution in [0.3, 0.4) is 0 Å². The van der Waals surface area contributed by atoms with Gasteiger partial charge in [-0.2, -0.15) is 5.26 Å². The molecule has 0 aliphatic heterocycles. The third-order valence-corrected chi connectivity index (χ3v) is 2.97. The number of amides is 1. The minimum Gasteiger partial charge on any atom is -0.354 e. The Morgan fingerprint density at radius 2 is 2.20 bits per heavy atom. The number of nitrogens with zero attached hydrogens (tertiary/aromatic N) is 2. The Morgan fingerprint density at radius 3 is 2.80 bits per heavy atom. The molecule has 0 aromatic rings. The molecule has 0 spiro atoms. The highest BCUT2D eigenvalue weighted by atomic mass is 16.1. The number of rotatable bonds is 5. The number of hydrogen-bond donors (Lipinski definition) is 1. The average molecular weight is 209 g/mol. The topological polar surface area (TPSA) is 56.1 Å². The molecule has 0 heterocycles. The van der Waals surface area contributed by atoms with Crippen molar-refractivity contribution in [2.24, 2.45) is 0 Å². The van der Waals surface area contributed by atoms with Gasteiger partial charge in [0, 0.05) is 19.1 Å². The first-order valence-electron chi connectivity index (χ1n) is 5.58. The van der Waals surface area contributed by atoms with E-state index in [2.05, 4.69) is 17.3 Å². The third-order valence-electron chi connectivity index (χ3n) is 2.97. The van der Waals surface area contributed by atoms with Crippen molar-refractivity contribution in [2.45, 2.75) is 38.1 Å². The fourth-order valence-electron chi connectivity index (χ4n) is 2.03. The third kappa shape index (κ3) is 4.30. The fourth-order valence-corrected chi connectivity index (χ4v) is 2.03. The molecular formula is C11H19N3O. The summed E-state index contributed by atoms with van der Waals surface area (Å²) < 4.78 is 0. The van der Waals surface area contributed by atoms with Gasteiger partial charge in [-0.1, -0.05) is 12.8 Å². The second kappa shape index (κ2) is 6.41. The van der Waals surface area contributed by atoms with Gasteiger partial charge < -0.3 is 10.2 Å². The molecule has 0 radical (unpaired) electrons.